The maximum Gasteiger partial charge on any atom is 0.227 e. The van der Waals surface area contributed by atoms with Crippen LogP contribution in [0.5, 0.6) is 0 Å². The van der Waals surface area contributed by atoms with Gasteiger partial charge in [0.15, 0.2) is 0 Å². The number of nitrogens with zero attached hydrogens (tertiary/aromatic N) is 1. The van der Waals surface area contributed by atoms with E-state index in [1.807, 2.05) is 11.8 Å². The molecule has 0 bridgehead atoms. The number of amides is 1. The Balaban J connectivity index is 2.63. The zero-order valence-corrected chi connectivity index (χ0v) is 10.2. The van der Waals surface area contributed by atoms with E-state index >= 15 is 0 Å². The Hall–Kier alpha value is -0.610. The van der Waals surface area contributed by atoms with E-state index in [0.717, 1.165) is 19.3 Å². The van der Waals surface area contributed by atoms with Crippen molar-refractivity contribution in [3.8, 4) is 0 Å². The lowest BCUT2D eigenvalue weighted by Gasteiger charge is -2.31. The van der Waals surface area contributed by atoms with Gasteiger partial charge in [0.05, 0.1) is 12.5 Å². The van der Waals surface area contributed by atoms with E-state index in [1.54, 1.807) is 0 Å². The van der Waals surface area contributed by atoms with Crippen LogP contribution in [0.15, 0.2) is 0 Å². The maximum atomic E-state index is 12.2. The van der Waals surface area contributed by atoms with Crippen LogP contribution in [0.4, 0.5) is 0 Å². The first-order valence-electron chi connectivity index (χ1n) is 6.36. The molecular weight excluding hydrogens is 204 g/mol. The van der Waals surface area contributed by atoms with Crippen molar-refractivity contribution in [1.82, 2.24) is 4.90 Å². The molecule has 1 saturated carbocycles. The summed E-state index contributed by atoms with van der Waals surface area (Å²) in [6, 6.07) is 0.334. The molecule has 0 spiro atoms. The Morgan fingerprint density at radius 2 is 2.12 bits per heavy atom. The molecule has 0 saturated heterocycles. The lowest BCUT2D eigenvalue weighted by atomic mass is 10.0. The topological polar surface area (TPSA) is 66.6 Å². The van der Waals surface area contributed by atoms with E-state index in [4.69, 9.17) is 10.8 Å². The highest BCUT2D eigenvalue weighted by atomic mass is 16.3. The quantitative estimate of drug-likeness (QED) is 0.704. The number of aliphatic hydroxyl groups is 1. The van der Waals surface area contributed by atoms with E-state index in [1.165, 1.54) is 12.8 Å². The second-order valence-corrected chi connectivity index (χ2v) is 4.53. The molecule has 16 heavy (non-hydrogen) atoms. The molecule has 0 aliphatic heterocycles. The lowest BCUT2D eigenvalue weighted by molar-refractivity contribution is -0.138. The summed E-state index contributed by atoms with van der Waals surface area (Å²) < 4.78 is 0. The third-order valence-corrected chi connectivity index (χ3v) is 3.52. The number of carbonyl (C=O) groups is 1. The van der Waals surface area contributed by atoms with Gasteiger partial charge in [0.25, 0.3) is 0 Å². The number of rotatable bonds is 6. The molecule has 1 amide bonds. The summed E-state index contributed by atoms with van der Waals surface area (Å²) in [5.74, 6) is 0.0538. The van der Waals surface area contributed by atoms with E-state index in [0.29, 0.717) is 19.1 Å². The number of hydrogen-bond acceptors (Lipinski definition) is 3. The minimum Gasteiger partial charge on any atom is -0.395 e. The van der Waals surface area contributed by atoms with Crippen molar-refractivity contribution in [3.63, 3.8) is 0 Å². The van der Waals surface area contributed by atoms with Gasteiger partial charge < -0.3 is 15.7 Å². The highest BCUT2D eigenvalue weighted by Crippen LogP contribution is 2.24. The third kappa shape index (κ3) is 3.19. The fourth-order valence-corrected chi connectivity index (χ4v) is 2.47. The normalized spacial score (nSPS) is 18.7. The molecule has 4 nitrogen and oxygen atoms in total. The molecule has 1 fully saturated rings. The van der Waals surface area contributed by atoms with Crippen LogP contribution in [-0.4, -0.2) is 41.7 Å². The zero-order chi connectivity index (χ0) is 12.0. The zero-order valence-electron chi connectivity index (χ0n) is 10.2. The number of nitrogens with two attached hydrogens (primary N) is 1. The van der Waals surface area contributed by atoms with Gasteiger partial charge in [-0.25, -0.2) is 0 Å². The average molecular weight is 228 g/mol. The SMILES string of the molecule is CCC(CN)C(=O)N(CCO)C1CCCC1. The molecule has 0 aromatic heterocycles. The molecule has 1 unspecified atom stereocenters. The first kappa shape index (κ1) is 13.5. The standard InChI is InChI=1S/C12H24N2O2/c1-2-10(9-13)12(16)14(7-8-15)11-5-3-4-6-11/h10-11,15H,2-9,13H2,1H3. The number of hydrogen-bond donors (Lipinski definition) is 2. The summed E-state index contributed by atoms with van der Waals surface area (Å²) in [6.07, 6.45) is 5.32. The van der Waals surface area contributed by atoms with E-state index < -0.39 is 0 Å². The summed E-state index contributed by atoms with van der Waals surface area (Å²) in [5, 5.41) is 9.05. The first-order chi connectivity index (χ1) is 7.74. The predicted octanol–water partition coefficient (Wildman–Crippen LogP) is 0.735. The highest BCUT2D eigenvalue weighted by Gasteiger charge is 2.29. The van der Waals surface area contributed by atoms with Crippen molar-refractivity contribution in [3.05, 3.63) is 0 Å². The van der Waals surface area contributed by atoms with Gasteiger partial charge in [-0.1, -0.05) is 19.8 Å². The van der Waals surface area contributed by atoms with Crippen molar-refractivity contribution in [2.45, 2.75) is 45.1 Å². The van der Waals surface area contributed by atoms with Gasteiger partial charge >= 0.3 is 0 Å². The summed E-state index contributed by atoms with van der Waals surface area (Å²) in [4.78, 5) is 14.1. The highest BCUT2D eigenvalue weighted by molar-refractivity contribution is 5.79. The summed E-state index contributed by atoms with van der Waals surface area (Å²) in [7, 11) is 0. The maximum absolute atomic E-state index is 12.2. The van der Waals surface area contributed by atoms with Crippen LogP contribution in [0, 0.1) is 5.92 Å². The lowest BCUT2D eigenvalue weighted by Crippen LogP contribution is -2.45. The second kappa shape index (κ2) is 6.86. The van der Waals surface area contributed by atoms with E-state index in [9.17, 15) is 4.79 Å². The van der Waals surface area contributed by atoms with Crippen LogP contribution in [0.3, 0.4) is 0 Å². The largest absolute Gasteiger partial charge is 0.395 e. The molecular formula is C12H24N2O2. The van der Waals surface area contributed by atoms with Gasteiger partial charge in [0.1, 0.15) is 0 Å². The minimum atomic E-state index is -0.0767. The molecule has 94 valence electrons. The third-order valence-electron chi connectivity index (χ3n) is 3.52. The Labute approximate surface area is 97.8 Å². The van der Waals surface area contributed by atoms with Crippen molar-refractivity contribution in [2.24, 2.45) is 11.7 Å². The number of aliphatic hydroxyl groups excluding tert-OH is 1. The van der Waals surface area contributed by atoms with Crippen LogP contribution in [0.2, 0.25) is 0 Å². The minimum absolute atomic E-state index is 0.0449. The van der Waals surface area contributed by atoms with Crippen molar-refractivity contribution in [1.29, 1.82) is 0 Å². The van der Waals surface area contributed by atoms with Gasteiger partial charge in [-0.3, -0.25) is 4.79 Å². The van der Waals surface area contributed by atoms with Crippen LogP contribution >= 0.6 is 0 Å². The number of carbonyl (C=O) groups excluding carboxylic acids is 1. The van der Waals surface area contributed by atoms with Crippen molar-refractivity contribution >= 4 is 5.91 Å². The Morgan fingerprint density at radius 1 is 1.50 bits per heavy atom. The monoisotopic (exact) mass is 228 g/mol. The molecule has 1 aliphatic carbocycles. The summed E-state index contributed by atoms with van der Waals surface area (Å²) >= 11 is 0. The van der Waals surface area contributed by atoms with Gasteiger partial charge in [0, 0.05) is 19.1 Å². The molecule has 3 N–H and O–H groups in total. The predicted molar refractivity (Wildman–Crippen MR) is 63.9 cm³/mol. The van der Waals surface area contributed by atoms with Crippen molar-refractivity contribution in [2.75, 3.05) is 19.7 Å². The van der Waals surface area contributed by atoms with Crippen molar-refractivity contribution < 1.29 is 9.90 Å². The average Bonchev–Trinajstić information content (AvgIpc) is 2.80. The van der Waals surface area contributed by atoms with Gasteiger partial charge in [0.2, 0.25) is 5.91 Å². The Morgan fingerprint density at radius 3 is 2.56 bits per heavy atom. The van der Waals surface area contributed by atoms with Gasteiger partial charge in [-0.15, -0.1) is 0 Å². The van der Waals surface area contributed by atoms with Crippen LogP contribution < -0.4 is 5.73 Å². The molecule has 0 heterocycles. The van der Waals surface area contributed by atoms with E-state index in [2.05, 4.69) is 0 Å². The van der Waals surface area contributed by atoms with Crippen LogP contribution in [0.1, 0.15) is 39.0 Å². The molecule has 0 aromatic carbocycles. The first-order valence-corrected chi connectivity index (χ1v) is 6.36. The second-order valence-electron chi connectivity index (χ2n) is 4.53. The van der Waals surface area contributed by atoms with Crippen LogP contribution in [-0.2, 0) is 4.79 Å². The molecule has 1 aliphatic rings. The fraction of sp³-hybridized carbons (Fsp3) is 0.917. The molecule has 0 radical (unpaired) electrons. The molecule has 0 aromatic rings. The summed E-state index contributed by atoms with van der Waals surface area (Å²) in [5.41, 5.74) is 5.61. The molecule has 1 atom stereocenters. The molecule has 1 rings (SSSR count). The van der Waals surface area contributed by atoms with E-state index in [-0.39, 0.29) is 18.4 Å². The Kier molecular flexibility index (Phi) is 5.77. The fourth-order valence-electron chi connectivity index (χ4n) is 2.47. The van der Waals surface area contributed by atoms with Gasteiger partial charge in [-0.2, -0.15) is 0 Å². The molecule has 4 heteroatoms. The summed E-state index contributed by atoms with van der Waals surface area (Å²) in [6.45, 7) is 2.90. The Bertz CT molecular complexity index is 211. The smallest absolute Gasteiger partial charge is 0.227 e. The van der Waals surface area contributed by atoms with Gasteiger partial charge in [-0.05, 0) is 19.3 Å². The van der Waals surface area contributed by atoms with Crippen LogP contribution in [0.25, 0.3) is 0 Å².